The summed E-state index contributed by atoms with van der Waals surface area (Å²) in [5.41, 5.74) is 6.46. The fourth-order valence-electron chi connectivity index (χ4n) is 1.85. The number of hydrogen-bond acceptors (Lipinski definition) is 3. The first-order valence-corrected chi connectivity index (χ1v) is 7.47. The molecular weight excluding hydrogens is 284 g/mol. The second-order valence-corrected chi connectivity index (χ2v) is 6.48. The first-order chi connectivity index (χ1) is 9.29. The van der Waals surface area contributed by atoms with Crippen LogP contribution in [0.5, 0.6) is 0 Å². The van der Waals surface area contributed by atoms with Crippen LogP contribution in [-0.4, -0.2) is 8.42 Å². The van der Waals surface area contributed by atoms with Crippen molar-refractivity contribution in [1.82, 2.24) is 0 Å². The number of nitrogens with two attached hydrogens (primary N) is 1. The summed E-state index contributed by atoms with van der Waals surface area (Å²) in [6, 6.07) is 7.26. The van der Waals surface area contributed by atoms with Crippen LogP contribution in [0, 0.1) is 18.6 Å². The van der Waals surface area contributed by atoms with Crippen molar-refractivity contribution in [1.29, 1.82) is 0 Å². The highest BCUT2D eigenvalue weighted by atomic mass is 32.2. The summed E-state index contributed by atoms with van der Waals surface area (Å²) in [6.07, 6.45) is 0. The van der Waals surface area contributed by atoms with E-state index in [0.29, 0.717) is 11.1 Å². The predicted octanol–water partition coefficient (Wildman–Crippen LogP) is 2.83. The Morgan fingerprint density at radius 3 is 2.45 bits per heavy atom. The average molecular weight is 297 g/mol. The summed E-state index contributed by atoms with van der Waals surface area (Å²) in [5, 5.41) is 0. The molecule has 2 rings (SSSR count). The summed E-state index contributed by atoms with van der Waals surface area (Å²) < 4.78 is 51.3. The highest BCUT2D eigenvalue weighted by Gasteiger charge is 2.21. The van der Waals surface area contributed by atoms with Gasteiger partial charge in [-0.3, -0.25) is 0 Å². The molecule has 2 aromatic rings. The Labute approximate surface area is 116 Å². The van der Waals surface area contributed by atoms with Crippen LogP contribution in [0.25, 0.3) is 0 Å². The van der Waals surface area contributed by atoms with E-state index in [1.165, 1.54) is 18.2 Å². The minimum atomic E-state index is -3.90. The molecule has 0 heterocycles. The van der Waals surface area contributed by atoms with Crippen molar-refractivity contribution in [2.75, 3.05) is 5.73 Å². The summed E-state index contributed by atoms with van der Waals surface area (Å²) in [6.45, 7) is 1.67. The zero-order chi connectivity index (χ0) is 14.9. The molecule has 0 aromatic heterocycles. The maximum Gasteiger partial charge on any atom is 0.185 e. The van der Waals surface area contributed by atoms with Crippen LogP contribution in [0.1, 0.15) is 11.1 Å². The molecule has 6 heteroatoms. The van der Waals surface area contributed by atoms with E-state index in [-0.39, 0.29) is 5.69 Å². The number of rotatable bonds is 3. The molecule has 0 unspecified atom stereocenters. The van der Waals surface area contributed by atoms with Crippen molar-refractivity contribution in [2.45, 2.75) is 17.6 Å². The quantitative estimate of drug-likeness (QED) is 0.886. The van der Waals surface area contributed by atoms with Crippen LogP contribution in [0.3, 0.4) is 0 Å². The van der Waals surface area contributed by atoms with Gasteiger partial charge < -0.3 is 5.73 Å². The lowest BCUT2D eigenvalue weighted by atomic mass is 10.1. The van der Waals surface area contributed by atoms with Gasteiger partial charge in [0.2, 0.25) is 0 Å². The zero-order valence-electron chi connectivity index (χ0n) is 10.7. The number of hydrogen-bond donors (Lipinski definition) is 1. The van der Waals surface area contributed by atoms with Gasteiger partial charge in [-0.1, -0.05) is 6.07 Å². The molecule has 0 aliphatic carbocycles. The van der Waals surface area contributed by atoms with Crippen LogP contribution >= 0.6 is 0 Å². The van der Waals surface area contributed by atoms with Gasteiger partial charge in [0, 0.05) is 5.69 Å². The van der Waals surface area contributed by atoms with Gasteiger partial charge in [-0.2, -0.15) is 0 Å². The van der Waals surface area contributed by atoms with Gasteiger partial charge in [0.25, 0.3) is 0 Å². The van der Waals surface area contributed by atoms with Crippen LogP contribution in [-0.2, 0) is 15.6 Å². The molecule has 0 saturated carbocycles. The smallest absolute Gasteiger partial charge is 0.185 e. The maximum absolute atomic E-state index is 13.7. The Morgan fingerprint density at radius 2 is 1.80 bits per heavy atom. The Balaban J connectivity index is 2.43. The van der Waals surface area contributed by atoms with Crippen molar-refractivity contribution < 1.29 is 17.2 Å². The minimum absolute atomic E-state index is 0.142. The number of halogens is 2. The molecule has 0 saturated heterocycles. The number of anilines is 1. The van der Waals surface area contributed by atoms with Gasteiger partial charge in [0.05, 0.1) is 5.75 Å². The molecule has 0 spiro atoms. The Hall–Kier alpha value is -1.95. The molecular formula is C14H13F2NO2S. The molecule has 106 valence electrons. The van der Waals surface area contributed by atoms with Crippen LogP contribution in [0.15, 0.2) is 41.3 Å². The summed E-state index contributed by atoms with van der Waals surface area (Å²) in [5.74, 6) is -1.89. The summed E-state index contributed by atoms with van der Waals surface area (Å²) in [4.78, 5) is -0.435. The lowest BCUT2D eigenvalue weighted by molar-refractivity contribution is 0.566. The van der Waals surface area contributed by atoms with E-state index in [9.17, 15) is 17.2 Å². The van der Waals surface area contributed by atoms with Gasteiger partial charge in [0.1, 0.15) is 16.5 Å². The number of sulfone groups is 1. The van der Waals surface area contributed by atoms with E-state index in [1.54, 1.807) is 6.92 Å². The van der Waals surface area contributed by atoms with Crippen molar-refractivity contribution in [2.24, 2.45) is 0 Å². The molecule has 0 radical (unpaired) electrons. The average Bonchev–Trinajstić information content (AvgIpc) is 2.33. The molecule has 0 fully saturated rings. The molecule has 2 N–H and O–H groups in total. The van der Waals surface area contributed by atoms with Gasteiger partial charge >= 0.3 is 0 Å². The van der Waals surface area contributed by atoms with Crippen molar-refractivity contribution in [3.63, 3.8) is 0 Å². The molecule has 20 heavy (non-hydrogen) atoms. The van der Waals surface area contributed by atoms with E-state index in [4.69, 9.17) is 5.73 Å². The Morgan fingerprint density at radius 1 is 1.10 bits per heavy atom. The van der Waals surface area contributed by atoms with Crippen LogP contribution in [0.4, 0.5) is 14.5 Å². The third-order valence-electron chi connectivity index (χ3n) is 2.95. The molecule has 0 atom stereocenters. The number of nitrogen functional groups attached to an aromatic ring is 1. The first-order valence-electron chi connectivity index (χ1n) is 5.82. The molecule has 2 aromatic carbocycles. The van der Waals surface area contributed by atoms with Crippen molar-refractivity contribution >= 4 is 15.5 Å². The summed E-state index contributed by atoms with van der Waals surface area (Å²) in [7, 11) is -3.90. The molecule has 0 amide bonds. The van der Waals surface area contributed by atoms with E-state index in [2.05, 4.69) is 0 Å². The normalized spacial score (nSPS) is 11.6. The van der Waals surface area contributed by atoms with E-state index < -0.39 is 32.1 Å². The van der Waals surface area contributed by atoms with E-state index in [0.717, 1.165) is 18.2 Å². The maximum atomic E-state index is 13.7. The largest absolute Gasteiger partial charge is 0.399 e. The van der Waals surface area contributed by atoms with Gasteiger partial charge in [0.15, 0.2) is 9.84 Å². The van der Waals surface area contributed by atoms with E-state index in [1.807, 2.05) is 0 Å². The fourth-order valence-corrected chi connectivity index (χ4v) is 3.35. The second-order valence-electron chi connectivity index (χ2n) is 4.52. The zero-order valence-corrected chi connectivity index (χ0v) is 11.5. The summed E-state index contributed by atoms with van der Waals surface area (Å²) >= 11 is 0. The second kappa shape index (κ2) is 5.20. The first kappa shape index (κ1) is 14.5. The van der Waals surface area contributed by atoms with Crippen LogP contribution < -0.4 is 5.73 Å². The number of benzene rings is 2. The highest BCUT2D eigenvalue weighted by Crippen LogP contribution is 2.23. The standard InChI is InChI=1S/C14H13F2NO2S/c1-9-2-3-11(15)6-10(9)8-20(18,19)14-5-4-12(17)7-13(14)16/h2-7H,8,17H2,1H3. The topological polar surface area (TPSA) is 60.2 Å². The lowest BCUT2D eigenvalue weighted by Gasteiger charge is -2.09. The highest BCUT2D eigenvalue weighted by molar-refractivity contribution is 7.90. The van der Waals surface area contributed by atoms with Crippen LogP contribution in [0.2, 0.25) is 0 Å². The van der Waals surface area contributed by atoms with Gasteiger partial charge in [-0.25, -0.2) is 17.2 Å². The molecule has 3 nitrogen and oxygen atoms in total. The molecule has 0 aliphatic heterocycles. The SMILES string of the molecule is Cc1ccc(F)cc1CS(=O)(=O)c1ccc(N)cc1F. The third kappa shape index (κ3) is 2.96. The predicted molar refractivity (Wildman–Crippen MR) is 72.8 cm³/mol. The van der Waals surface area contributed by atoms with Crippen molar-refractivity contribution in [3.8, 4) is 0 Å². The van der Waals surface area contributed by atoms with Gasteiger partial charge in [-0.05, 0) is 48.4 Å². The lowest BCUT2D eigenvalue weighted by Crippen LogP contribution is -2.09. The molecule has 0 aliphatic rings. The monoisotopic (exact) mass is 297 g/mol. The van der Waals surface area contributed by atoms with Crippen molar-refractivity contribution in [3.05, 3.63) is 59.2 Å². The minimum Gasteiger partial charge on any atom is -0.399 e. The van der Waals surface area contributed by atoms with E-state index >= 15 is 0 Å². The number of aryl methyl sites for hydroxylation is 1. The fraction of sp³-hybridized carbons (Fsp3) is 0.143. The Bertz CT molecular complexity index is 758. The van der Waals surface area contributed by atoms with Gasteiger partial charge in [-0.15, -0.1) is 0 Å². The third-order valence-corrected chi connectivity index (χ3v) is 4.64. The Kier molecular flexibility index (Phi) is 3.76. The molecule has 0 bridgehead atoms.